The summed E-state index contributed by atoms with van der Waals surface area (Å²) < 4.78 is 36.6. The number of carbonyl (C=O) groups excluding carboxylic acids is 1. The van der Waals surface area contributed by atoms with Crippen LogP contribution >= 0.6 is 11.3 Å². The van der Waals surface area contributed by atoms with E-state index in [0.29, 0.717) is 60.4 Å². The maximum absolute atomic E-state index is 13.5. The summed E-state index contributed by atoms with van der Waals surface area (Å²) in [7, 11) is 0.497. The number of morpholine rings is 1. The number of likely N-dealkylation sites (N-methyl/N-ethyl adjacent to an activating group) is 1. The van der Waals surface area contributed by atoms with Crippen molar-refractivity contribution in [1.82, 2.24) is 19.9 Å². The molecule has 2 fully saturated rings. The number of hydrazone groups is 1. The molecule has 2 N–H and O–H groups in total. The highest BCUT2D eigenvalue weighted by molar-refractivity contribution is 7.92. The molecule has 1 amide bonds. The van der Waals surface area contributed by atoms with E-state index in [-0.39, 0.29) is 17.2 Å². The molecule has 3 aromatic rings. The lowest BCUT2D eigenvalue weighted by atomic mass is 10.1. The van der Waals surface area contributed by atoms with Gasteiger partial charge in [0.05, 0.1) is 43.1 Å². The molecular formula is C26H33N7O5S2. The Labute approximate surface area is 237 Å². The molecule has 2 aromatic heterocycles. The molecule has 0 aliphatic carbocycles. The zero-order valence-corrected chi connectivity index (χ0v) is 24.1. The molecule has 40 heavy (non-hydrogen) atoms. The van der Waals surface area contributed by atoms with Gasteiger partial charge < -0.3 is 19.7 Å². The first-order chi connectivity index (χ1) is 19.3. The SMILES string of the molecule is CN(C)CCNc1ccc2nc(NC(=O)/C(=N/N3CCOCC3)c3ccc(S(=O)(=O)[C@H]4CCOC4)cc3)sc2n1. The molecular weight excluding hydrogens is 554 g/mol. The molecule has 14 heteroatoms. The van der Waals surface area contributed by atoms with Gasteiger partial charge in [0.25, 0.3) is 5.91 Å². The lowest BCUT2D eigenvalue weighted by Crippen LogP contribution is -2.35. The van der Waals surface area contributed by atoms with E-state index in [1.54, 1.807) is 17.1 Å². The number of benzene rings is 1. The second-order valence-corrected chi connectivity index (χ2v) is 13.0. The van der Waals surface area contributed by atoms with Crippen LogP contribution in [0.15, 0.2) is 46.4 Å². The van der Waals surface area contributed by atoms with E-state index in [4.69, 9.17) is 9.47 Å². The van der Waals surface area contributed by atoms with Gasteiger partial charge in [-0.2, -0.15) is 5.10 Å². The minimum absolute atomic E-state index is 0.160. The number of carbonyl (C=O) groups is 1. The Morgan fingerprint density at radius 1 is 1.10 bits per heavy atom. The van der Waals surface area contributed by atoms with Crippen molar-refractivity contribution in [1.29, 1.82) is 0 Å². The van der Waals surface area contributed by atoms with Crippen molar-refractivity contribution >= 4 is 54.1 Å². The fourth-order valence-electron chi connectivity index (χ4n) is 4.31. The third kappa shape index (κ3) is 6.75. The molecule has 4 heterocycles. The summed E-state index contributed by atoms with van der Waals surface area (Å²) in [5.74, 6) is 0.291. The summed E-state index contributed by atoms with van der Waals surface area (Å²) in [6, 6.07) is 10.0. The maximum Gasteiger partial charge on any atom is 0.278 e. The van der Waals surface area contributed by atoms with Gasteiger partial charge in [0.2, 0.25) is 0 Å². The number of sulfone groups is 1. The summed E-state index contributed by atoms with van der Waals surface area (Å²) in [6.07, 6.45) is 0.473. The Bertz CT molecular complexity index is 1460. The lowest BCUT2D eigenvalue weighted by molar-refractivity contribution is -0.110. The molecule has 2 aliphatic rings. The van der Waals surface area contributed by atoms with Gasteiger partial charge >= 0.3 is 0 Å². The number of rotatable bonds is 10. The molecule has 214 valence electrons. The van der Waals surface area contributed by atoms with E-state index in [0.717, 1.165) is 18.9 Å². The number of hydrogen-bond donors (Lipinski definition) is 2. The van der Waals surface area contributed by atoms with Gasteiger partial charge in [-0.3, -0.25) is 15.1 Å². The average molecular weight is 588 g/mol. The number of aromatic nitrogens is 2. The highest BCUT2D eigenvalue weighted by atomic mass is 32.2. The second-order valence-electron chi connectivity index (χ2n) is 9.79. The normalized spacial score (nSPS) is 18.4. The van der Waals surface area contributed by atoms with Crippen LogP contribution in [0.1, 0.15) is 12.0 Å². The number of amides is 1. The molecule has 0 spiro atoms. The monoisotopic (exact) mass is 587 g/mol. The quantitative estimate of drug-likeness (QED) is 0.338. The van der Waals surface area contributed by atoms with Crippen LogP contribution in [0.25, 0.3) is 10.3 Å². The van der Waals surface area contributed by atoms with Gasteiger partial charge in [0.15, 0.2) is 20.7 Å². The van der Waals surface area contributed by atoms with E-state index < -0.39 is 21.0 Å². The van der Waals surface area contributed by atoms with Crippen molar-refractivity contribution in [3.05, 3.63) is 42.0 Å². The minimum atomic E-state index is -3.52. The summed E-state index contributed by atoms with van der Waals surface area (Å²) in [5, 5.41) is 12.4. The molecule has 0 radical (unpaired) electrons. The Balaban J connectivity index is 1.36. The highest BCUT2D eigenvalue weighted by Gasteiger charge is 2.31. The van der Waals surface area contributed by atoms with Crippen LogP contribution in [-0.2, 0) is 24.1 Å². The van der Waals surface area contributed by atoms with E-state index >= 15 is 0 Å². The van der Waals surface area contributed by atoms with Crippen molar-refractivity contribution in [2.75, 3.05) is 77.3 Å². The van der Waals surface area contributed by atoms with Gasteiger partial charge in [-0.15, -0.1) is 0 Å². The van der Waals surface area contributed by atoms with E-state index in [1.165, 1.54) is 23.5 Å². The number of fused-ring (bicyclic) bond motifs is 1. The molecule has 0 saturated carbocycles. The number of hydrogen-bond acceptors (Lipinski definition) is 12. The van der Waals surface area contributed by atoms with Crippen LogP contribution in [0.5, 0.6) is 0 Å². The maximum atomic E-state index is 13.5. The zero-order chi connectivity index (χ0) is 28.1. The minimum Gasteiger partial charge on any atom is -0.380 e. The lowest BCUT2D eigenvalue weighted by Gasteiger charge is -2.25. The first-order valence-electron chi connectivity index (χ1n) is 13.1. The number of thiazole rings is 1. The second kappa shape index (κ2) is 12.6. The molecule has 2 saturated heterocycles. The molecule has 1 aromatic carbocycles. The van der Waals surface area contributed by atoms with E-state index in [9.17, 15) is 13.2 Å². The van der Waals surface area contributed by atoms with Crippen LogP contribution in [0.2, 0.25) is 0 Å². The Hall–Kier alpha value is -3.17. The smallest absolute Gasteiger partial charge is 0.278 e. The van der Waals surface area contributed by atoms with Gasteiger partial charge in [-0.1, -0.05) is 23.5 Å². The topological polar surface area (TPSA) is 138 Å². The fourth-order valence-corrected chi connectivity index (χ4v) is 6.73. The molecule has 5 rings (SSSR count). The van der Waals surface area contributed by atoms with Crippen LogP contribution < -0.4 is 10.6 Å². The number of ether oxygens (including phenoxy) is 2. The predicted octanol–water partition coefficient (Wildman–Crippen LogP) is 1.90. The molecule has 12 nitrogen and oxygen atoms in total. The standard InChI is InChI=1S/C26H33N7O5S2/c1-32(2)11-10-27-22-8-7-21-25(29-22)39-26(28-21)30-24(34)23(31-33-12-15-37-16-13-33)18-3-5-19(6-4-18)40(35,36)20-9-14-38-17-20/h3-8,20H,9-17H2,1-2H3,(H,27,29)(H,28,30,34)/b31-23+/t20-/m0/s1. The van der Waals surface area contributed by atoms with E-state index in [1.807, 2.05) is 26.2 Å². The summed E-state index contributed by atoms with van der Waals surface area (Å²) in [6.45, 7) is 4.36. The van der Waals surface area contributed by atoms with Gasteiger partial charge in [-0.05, 0) is 44.8 Å². The molecule has 1 atom stereocenters. The Morgan fingerprint density at radius 2 is 1.88 bits per heavy atom. The van der Waals surface area contributed by atoms with Gasteiger partial charge in [0, 0.05) is 25.3 Å². The average Bonchev–Trinajstić information content (AvgIpc) is 3.63. The van der Waals surface area contributed by atoms with Gasteiger partial charge in [-0.25, -0.2) is 18.4 Å². The van der Waals surface area contributed by atoms with Crippen molar-refractivity contribution in [3.63, 3.8) is 0 Å². The number of pyridine rings is 1. The number of nitrogens with one attached hydrogen (secondary N) is 2. The number of anilines is 2. The van der Waals surface area contributed by atoms with Crippen molar-refractivity contribution in [2.45, 2.75) is 16.6 Å². The van der Waals surface area contributed by atoms with Crippen LogP contribution in [0.3, 0.4) is 0 Å². The number of nitrogens with zero attached hydrogens (tertiary/aromatic N) is 5. The van der Waals surface area contributed by atoms with Crippen molar-refractivity contribution < 1.29 is 22.7 Å². The van der Waals surface area contributed by atoms with Crippen molar-refractivity contribution in [2.24, 2.45) is 5.10 Å². The largest absolute Gasteiger partial charge is 0.380 e. The third-order valence-corrected chi connectivity index (χ3v) is 9.63. The summed E-state index contributed by atoms with van der Waals surface area (Å²) >= 11 is 1.27. The predicted molar refractivity (Wildman–Crippen MR) is 155 cm³/mol. The zero-order valence-electron chi connectivity index (χ0n) is 22.5. The molecule has 2 aliphatic heterocycles. The van der Waals surface area contributed by atoms with Crippen LogP contribution in [-0.4, -0.2) is 112 Å². The molecule has 0 bridgehead atoms. The van der Waals surface area contributed by atoms with Crippen LogP contribution in [0, 0.1) is 0 Å². The summed E-state index contributed by atoms with van der Waals surface area (Å²) in [5.41, 5.74) is 1.33. The van der Waals surface area contributed by atoms with Gasteiger partial charge in [0.1, 0.15) is 16.2 Å². The van der Waals surface area contributed by atoms with Crippen molar-refractivity contribution in [3.8, 4) is 0 Å². The third-order valence-electron chi connectivity index (χ3n) is 6.57. The first-order valence-corrected chi connectivity index (χ1v) is 15.5. The first kappa shape index (κ1) is 28.4. The Morgan fingerprint density at radius 3 is 2.58 bits per heavy atom. The fraction of sp³-hybridized carbons (Fsp3) is 0.462. The highest BCUT2D eigenvalue weighted by Crippen LogP contribution is 2.26. The van der Waals surface area contributed by atoms with Crippen LogP contribution in [0.4, 0.5) is 10.9 Å². The Kier molecular flexibility index (Phi) is 8.90. The van der Waals surface area contributed by atoms with E-state index in [2.05, 4.69) is 30.6 Å². The molecule has 0 unspecified atom stereocenters. The summed E-state index contributed by atoms with van der Waals surface area (Å²) in [4.78, 5) is 25.6.